The topological polar surface area (TPSA) is 67.4 Å². The van der Waals surface area contributed by atoms with Gasteiger partial charge in [0.1, 0.15) is 0 Å². The molecule has 0 bridgehead atoms. The molecule has 1 saturated heterocycles. The zero-order chi connectivity index (χ0) is 14.6. The van der Waals surface area contributed by atoms with E-state index in [1.165, 1.54) is 7.11 Å². The normalized spacial score (nSPS) is 18.6. The molecule has 1 rings (SSSR count). The predicted molar refractivity (Wildman–Crippen MR) is 78.3 cm³/mol. The molecule has 1 aliphatic heterocycles. The van der Waals surface area contributed by atoms with Crippen LogP contribution in [-0.2, 0) is 14.3 Å². The highest BCUT2D eigenvalue weighted by atomic mass is 16.5. The molecule has 0 aliphatic carbocycles. The first-order chi connectivity index (χ1) is 9.74. The van der Waals surface area contributed by atoms with E-state index in [9.17, 15) is 9.59 Å². The van der Waals surface area contributed by atoms with Gasteiger partial charge in [-0.3, -0.25) is 9.59 Å². The second kappa shape index (κ2) is 10.7. The maximum Gasteiger partial charge on any atom is 0.305 e. The van der Waals surface area contributed by atoms with Crippen LogP contribution in [0.15, 0.2) is 0 Å². The maximum atomic E-state index is 11.8. The molecule has 0 aromatic rings. The van der Waals surface area contributed by atoms with Gasteiger partial charge in [0.25, 0.3) is 0 Å². The Bertz CT molecular complexity index is 289. The van der Waals surface area contributed by atoms with Crippen molar-refractivity contribution in [3.8, 4) is 0 Å². The molecule has 1 unspecified atom stereocenters. The number of ether oxygens (including phenoxy) is 1. The molecule has 5 nitrogen and oxygen atoms in total. The molecule has 2 N–H and O–H groups in total. The molecule has 0 saturated carbocycles. The van der Waals surface area contributed by atoms with Gasteiger partial charge in [-0.2, -0.15) is 0 Å². The van der Waals surface area contributed by atoms with Gasteiger partial charge in [-0.1, -0.05) is 19.3 Å². The lowest BCUT2D eigenvalue weighted by atomic mass is 9.99. The summed E-state index contributed by atoms with van der Waals surface area (Å²) in [5.41, 5.74) is 0. The van der Waals surface area contributed by atoms with Crippen LogP contribution in [0.1, 0.15) is 51.4 Å². The highest BCUT2D eigenvalue weighted by Gasteiger charge is 2.19. The lowest BCUT2D eigenvalue weighted by molar-refractivity contribution is -0.140. The number of carbonyl (C=O) groups excluding carboxylic acids is 2. The molecule has 1 fully saturated rings. The Morgan fingerprint density at radius 1 is 1.20 bits per heavy atom. The standard InChI is InChI=1S/C15H28N2O3/c1-20-14(18)9-5-3-2-4-6-11-17-15(19)13-8-7-10-16-12-13/h13,16H,2-12H2,1H3,(H,17,19). The van der Waals surface area contributed by atoms with Gasteiger partial charge in [0.15, 0.2) is 0 Å². The van der Waals surface area contributed by atoms with Crippen LogP contribution < -0.4 is 10.6 Å². The van der Waals surface area contributed by atoms with Crippen molar-refractivity contribution in [2.45, 2.75) is 51.4 Å². The average molecular weight is 284 g/mol. The fourth-order valence-electron chi connectivity index (χ4n) is 2.46. The number of hydrogen-bond donors (Lipinski definition) is 2. The van der Waals surface area contributed by atoms with Crippen molar-refractivity contribution in [2.24, 2.45) is 5.92 Å². The Kier molecular flexibility index (Phi) is 9.04. The van der Waals surface area contributed by atoms with Crippen LogP contribution in [0.4, 0.5) is 0 Å². The molecule has 0 aromatic heterocycles. The minimum Gasteiger partial charge on any atom is -0.469 e. The van der Waals surface area contributed by atoms with Crippen LogP contribution in [0.2, 0.25) is 0 Å². The van der Waals surface area contributed by atoms with E-state index in [0.29, 0.717) is 6.42 Å². The van der Waals surface area contributed by atoms with E-state index in [0.717, 1.165) is 64.6 Å². The molecular formula is C15H28N2O3. The largest absolute Gasteiger partial charge is 0.469 e. The van der Waals surface area contributed by atoms with E-state index in [-0.39, 0.29) is 17.8 Å². The number of unbranched alkanes of at least 4 members (excludes halogenated alkanes) is 4. The molecule has 1 aliphatic rings. The first-order valence-electron chi connectivity index (χ1n) is 7.79. The number of esters is 1. The van der Waals surface area contributed by atoms with Gasteiger partial charge in [-0.15, -0.1) is 0 Å². The van der Waals surface area contributed by atoms with Crippen LogP contribution in [0, 0.1) is 5.92 Å². The smallest absolute Gasteiger partial charge is 0.305 e. The summed E-state index contributed by atoms with van der Waals surface area (Å²) in [4.78, 5) is 22.7. The summed E-state index contributed by atoms with van der Waals surface area (Å²) >= 11 is 0. The fourth-order valence-corrected chi connectivity index (χ4v) is 2.46. The van der Waals surface area contributed by atoms with Gasteiger partial charge in [-0.05, 0) is 32.2 Å². The summed E-state index contributed by atoms with van der Waals surface area (Å²) in [7, 11) is 1.42. The first-order valence-corrected chi connectivity index (χ1v) is 7.79. The Balaban J connectivity index is 1.89. The Labute approximate surface area is 121 Å². The number of rotatable bonds is 9. The second-order valence-electron chi connectivity index (χ2n) is 5.43. The molecule has 116 valence electrons. The third-order valence-corrected chi connectivity index (χ3v) is 3.75. The van der Waals surface area contributed by atoms with Crippen LogP contribution in [-0.4, -0.2) is 38.6 Å². The Hall–Kier alpha value is -1.10. The van der Waals surface area contributed by atoms with Gasteiger partial charge < -0.3 is 15.4 Å². The summed E-state index contributed by atoms with van der Waals surface area (Å²) in [5, 5.41) is 6.27. The minimum atomic E-state index is -0.127. The molecule has 1 amide bonds. The van der Waals surface area contributed by atoms with Gasteiger partial charge in [0.05, 0.1) is 13.0 Å². The van der Waals surface area contributed by atoms with E-state index >= 15 is 0 Å². The van der Waals surface area contributed by atoms with E-state index in [2.05, 4.69) is 15.4 Å². The molecular weight excluding hydrogens is 256 g/mol. The van der Waals surface area contributed by atoms with Gasteiger partial charge in [0.2, 0.25) is 5.91 Å². The van der Waals surface area contributed by atoms with Crippen molar-refractivity contribution in [1.82, 2.24) is 10.6 Å². The van der Waals surface area contributed by atoms with Gasteiger partial charge >= 0.3 is 5.97 Å². The van der Waals surface area contributed by atoms with E-state index in [1.54, 1.807) is 0 Å². The summed E-state index contributed by atoms with van der Waals surface area (Å²) < 4.78 is 4.59. The molecule has 0 spiro atoms. The second-order valence-corrected chi connectivity index (χ2v) is 5.43. The lowest BCUT2D eigenvalue weighted by Crippen LogP contribution is -2.40. The van der Waals surface area contributed by atoms with Crippen molar-refractivity contribution in [3.63, 3.8) is 0 Å². The van der Waals surface area contributed by atoms with Crippen LogP contribution in [0.25, 0.3) is 0 Å². The van der Waals surface area contributed by atoms with Crippen molar-refractivity contribution in [3.05, 3.63) is 0 Å². The van der Waals surface area contributed by atoms with Crippen LogP contribution in [0.5, 0.6) is 0 Å². The van der Waals surface area contributed by atoms with E-state index in [1.807, 2.05) is 0 Å². The monoisotopic (exact) mass is 284 g/mol. The zero-order valence-electron chi connectivity index (χ0n) is 12.6. The number of methoxy groups -OCH3 is 1. The van der Waals surface area contributed by atoms with Gasteiger partial charge in [0, 0.05) is 19.5 Å². The van der Waals surface area contributed by atoms with Crippen molar-refractivity contribution in [1.29, 1.82) is 0 Å². The highest BCUT2D eigenvalue weighted by Crippen LogP contribution is 2.10. The summed E-state index contributed by atoms with van der Waals surface area (Å²) in [6.07, 6.45) is 7.79. The average Bonchev–Trinajstić information content (AvgIpc) is 2.50. The highest BCUT2D eigenvalue weighted by molar-refractivity contribution is 5.78. The van der Waals surface area contributed by atoms with Crippen LogP contribution >= 0.6 is 0 Å². The zero-order valence-corrected chi connectivity index (χ0v) is 12.6. The van der Waals surface area contributed by atoms with Gasteiger partial charge in [-0.25, -0.2) is 0 Å². The Morgan fingerprint density at radius 3 is 2.65 bits per heavy atom. The fraction of sp³-hybridized carbons (Fsp3) is 0.867. The maximum absolute atomic E-state index is 11.8. The summed E-state index contributed by atoms with van der Waals surface area (Å²) in [5.74, 6) is 0.227. The lowest BCUT2D eigenvalue weighted by Gasteiger charge is -2.21. The summed E-state index contributed by atoms with van der Waals surface area (Å²) in [6, 6.07) is 0. The minimum absolute atomic E-state index is 0.127. The van der Waals surface area contributed by atoms with Crippen molar-refractivity contribution < 1.29 is 14.3 Å². The number of piperidine rings is 1. The molecule has 20 heavy (non-hydrogen) atoms. The van der Waals surface area contributed by atoms with Crippen molar-refractivity contribution >= 4 is 11.9 Å². The van der Waals surface area contributed by atoms with Crippen LogP contribution in [0.3, 0.4) is 0 Å². The first kappa shape index (κ1) is 17.0. The van der Waals surface area contributed by atoms with E-state index < -0.39 is 0 Å². The third-order valence-electron chi connectivity index (χ3n) is 3.75. The molecule has 0 aromatic carbocycles. The molecule has 5 heteroatoms. The molecule has 1 heterocycles. The number of nitrogens with one attached hydrogen (secondary N) is 2. The number of hydrogen-bond acceptors (Lipinski definition) is 4. The Morgan fingerprint density at radius 2 is 1.95 bits per heavy atom. The molecule has 0 radical (unpaired) electrons. The van der Waals surface area contributed by atoms with E-state index in [4.69, 9.17) is 0 Å². The molecule has 1 atom stereocenters. The quantitative estimate of drug-likeness (QED) is 0.499. The summed E-state index contributed by atoms with van der Waals surface area (Å²) in [6.45, 7) is 2.63. The van der Waals surface area contributed by atoms with Crippen molar-refractivity contribution in [2.75, 3.05) is 26.7 Å². The number of amides is 1. The third kappa shape index (κ3) is 7.48. The predicted octanol–water partition coefficient (Wildman–Crippen LogP) is 1.62. The SMILES string of the molecule is COC(=O)CCCCCCCNC(=O)C1CCCNC1. The number of carbonyl (C=O) groups is 2.